The fraction of sp³-hybridized carbons (Fsp3) is 0.720. The summed E-state index contributed by atoms with van der Waals surface area (Å²) in [6.07, 6.45) is 8.68. The number of fused-ring (bicyclic) bond motifs is 1. The number of halogens is 2. The molecule has 3 heterocycles. The van der Waals surface area contributed by atoms with E-state index in [1.807, 2.05) is 0 Å². The van der Waals surface area contributed by atoms with Gasteiger partial charge in [0.25, 0.3) is 5.56 Å². The van der Waals surface area contributed by atoms with Crippen LogP contribution in [-0.2, 0) is 10.0 Å². The van der Waals surface area contributed by atoms with Crippen LogP contribution in [0.4, 0.5) is 14.7 Å². The Labute approximate surface area is 220 Å². The van der Waals surface area contributed by atoms with E-state index in [-0.39, 0.29) is 22.9 Å². The van der Waals surface area contributed by atoms with Gasteiger partial charge in [0.1, 0.15) is 5.65 Å². The number of hydrogen-bond acceptors (Lipinski definition) is 8. The highest BCUT2D eigenvalue weighted by atomic mass is 32.2. The van der Waals surface area contributed by atoms with Crippen LogP contribution in [0.3, 0.4) is 0 Å². The van der Waals surface area contributed by atoms with Crippen molar-refractivity contribution in [3.63, 3.8) is 0 Å². The van der Waals surface area contributed by atoms with Crippen molar-refractivity contribution in [2.45, 2.75) is 101 Å². The van der Waals surface area contributed by atoms with Crippen LogP contribution in [0.25, 0.3) is 11.0 Å². The number of ether oxygens (including phenoxy) is 1. The van der Waals surface area contributed by atoms with E-state index in [0.717, 1.165) is 32.1 Å². The van der Waals surface area contributed by atoms with Crippen molar-refractivity contribution < 1.29 is 27.0 Å². The van der Waals surface area contributed by atoms with Gasteiger partial charge in [0, 0.05) is 30.7 Å². The van der Waals surface area contributed by atoms with Crippen LogP contribution < -0.4 is 15.6 Å². The van der Waals surface area contributed by atoms with Crippen molar-refractivity contribution in [2.24, 2.45) is 0 Å². The summed E-state index contributed by atoms with van der Waals surface area (Å²) in [5, 5.41) is 14.2. The molecule has 10 nitrogen and oxygen atoms in total. The molecule has 2 N–H and O–H groups in total. The number of aliphatic hydroxyl groups is 1. The van der Waals surface area contributed by atoms with Crippen LogP contribution in [0, 0.1) is 0 Å². The zero-order valence-electron chi connectivity index (χ0n) is 21.5. The first-order chi connectivity index (χ1) is 18.1. The smallest absolute Gasteiger partial charge is 0.387 e. The SMILES string of the molecule is C[C@@]1(O)CCC[C@H]1n1c(=O)c(OC(F)F)cc2cnc(NC3CCN(S(=O)(=O)C4CCCCC4)CC3)nc21. The second-order valence-corrected chi connectivity index (χ2v) is 13.1. The highest BCUT2D eigenvalue weighted by Gasteiger charge is 2.40. The summed E-state index contributed by atoms with van der Waals surface area (Å²) in [5.41, 5.74) is -1.77. The summed E-state index contributed by atoms with van der Waals surface area (Å²) in [4.78, 5) is 22.1. The first-order valence-electron chi connectivity index (χ1n) is 13.4. The lowest BCUT2D eigenvalue weighted by Gasteiger charge is -2.35. The van der Waals surface area contributed by atoms with Crippen LogP contribution in [0.1, 0.15) is 77.2 Å². The molecule has 2 aromatic rings. The molecule has 0 unspecified atom stereocenters. The molecule has 1 saturated heterocycles. The third-order valence-corrected chi connectivity index (χ3v) is 10.7. The number of sulfonamides is 1. The van der Waals surface area contributed by atoms with Gasteiger partial charge in [-0.05, 0) is 57.9 Å². The molecule has 0 spiro atoms. The summed E-state index contributed by atoms with van der Waals surface area (Å²) in [6.45, 7) is -0.728. The van der Waals surface area contributed by atoms with Gasteiger partial charge in [-0.1, -0.05) is 19.3 Å². The zero-order valence-corrected chi connectivity index (χ0v) is 22.3. The molecule has 3 aliphatic rings. The number of nitrogens with zero attached hydrogens (tertiary/aromatic N) is 4. The molecule has 2 saturated carbocycles. The van der Waals surface area contributed by atoms with Gasteiger partial charge < -0.3 is 15.2 Å². The van der Waals surface area contributed by atoms with Crippen molar-refractivity contribution in [3.05, 3.63) is 22.6 Å². The van der Waals surface area contributed by atoms with E-state index < -0.39 is 39.6 Å². The molecule has 210 valence electrons. The average Bonchev–Trinajstić information content (AvgIpc) is 3.23. The summed E-state index contributed by atoms with van der Waals surface area (Å²) < 4.78 is 59.5. The van der Waals surface area contributed by atoms with Gasteiger partial charge in [0.15, 0.2) is 5.75 Å². The van der Waals surface area contributed by atoms with Crippen LogP contribution in [0.15, 0.2) is 17.1 Å². The van der Waals surface area contributed by atoms with Crippen molar-refractivity contribution in [1.29, 1.82) is 0 Å². The molecule has 13 heteroatoms. The van der Waals surface area contributed by atoms with Gasteiger partial charge >= 0.3 is 6.61 Å². The highest BCUT2D eigenvalue weighted by molar-refractivity contribution is 7.89. The molecule has 0 bridgehead atoms. The number of hydrogen-bond donors (Lipinski definition) is 2. The number of rotatable bonds is 7. The Kier molecular flexibility index (Phi) is 7.62. The average molecular weight is 556 g/mol. The molecular formula is C25H35F2N5O5S. The van der Waals surface area contributed by atoms with E-state index in [4.69, 9.17) is 0 Å². The lowest BCUT2D eigenvalue weighted by molar-refractivity contribution is -0.0513. The van der Waals surface area contributed by atoms with Gasteiger partial charge in [0.05, 0.1) is 16.9 Å². The summed E-state index contributed by atoms with van der Waals surface area (Å²) in [6, 6.07) is 0.471. The molecule has 0 amide bonds. The van der Waals surface area contributed by atoms with Crippen LogP contribution >= 0.6 is 0 Å². The lowest BCUT2D eigenvalue weighted by Crippen LogP contribution is -2.46. The number of pyridine rings is 1. The van der Waals surface area contributed by atoms with E-state index in [2.05, 4.69) is 20.0 Å². The van der Waals surface area contributed by atoms with Gasteiger partial charge in [-0.3, -0.25) is 9.36 Å². The highest BCUT2D eigenvalue weighted by Crippen LogP contribution is 2.40. The number of alkyl halides is 2. The maximum Gasteiger partial charge on any atom is 0.387 e. The number of aromatic nitrogens is 3. The van der Waals surface area contributed by atoms with E-state index in [1.54, 1.807) is 11.2 Å². The second-order valence-electron chi connectivity index (χ2n) is 10.9. The molecular weight excluding hydrogens is 520 g/mol. The minimum Gasteiger partial charge on any atom is -0.429 e. The summed E-state index contributed by atoms with van der Waals surface area (Å²) in [5.74, 6) is -0.273. The monoisotopic (exact) mass is 555 g/mol. The Morgan fingerprint density at radius 2 is 1.84 bits per heavy atom. The van der Waals surface area contributed by atoms with Crippen LogP contribution in [0.2, 0.25) is 0 Å². The van der Waals surface area contributed by atoms with Crippen molar-refractivity contribution >= 4 is 27.0 Å². The Morgan fingerprint density at radius 3 is 2.47 bits per heavy atom. The number of piperidine rings is 1. The van der Waals surface area contributed by atoms with Crippen LogP contribution in [0.5, 0.6) is 5.75 Å². The minimum absolute atomic E-state index is 0.0681. The van der Waals surface area contributed by atoms with Gasteiger partial charge in [-0.25, -0.2) is 17.7 Å². The van der Waals surface area contributed by atoms with E-state index in [0.29, 0.717) is 50.6 Å². The maximum absolute atomic E-state index is 13.2. The molecule has 5 rings (SSSR count). The largest absolute Gasteiger partial charge is 0.429 e. The maximum atomic E-state index is 13.2. The normalized spacial score (nSPS) is 26.3. The Balaban J connectivity index is 1.37. The molecule has 0 aromatic carbocycles. The van der Waals surface area contributed by atoms with Gasteiger partial charge in [-0.15, -0.1) is 0 Å². The third-order valence-electron chi connectivity index (χ3n) is 8.27. The predicted octanol–water partition coefficient (Wildman–Crippen LogP) is 3.41. The quantitative estimate of drug-likeness (QED) is 0.532. The molecule has 0 radical (unpaired) electrons. The Morgan fingerprint density at radius 1 is 1.13 bits per heavy atom. The van der Waals surface area contributed by atoms with Crippen molar-refractivity contribution in [1.82, 2.24) is 18.8 Å². The Bertz CT molecular complexity index is 1320. The van der Waals surface area contributed by atoms with E-state index in [9.17, 15) is 27.1 Å². The first kappa shape index (κ1) is 27.2. The van der Waals surface area contributed by atoms with Crippen LogP contribution in [-0.4, -0.2) is 69.0 Å². The molecule has 2 aliphatic carbocycles. The minimum atomic E-state index is -3.31. The van der Waals surface area contributed by atoms with E-state index in [1.165, 1.54) is 16.8 Å². The Hall–Kier alpha value is -2.38. The molecule has 2 aromatic heterocycles. The fourth-order valence-electron chi connectivity index (χ4n) is 6.18. The zero-order chi connectivity index (χ0) is 27.1. The third kappa shape index (κ3) is 5.37. The standard InChI is InChI=1S/C25H35F2N5O5S/c1-25(34)11-5-8-20(25)32-21-16(14-19(22(32)33)37-23(26)27)15-28-24(30-21)29-17-9-12-31(13-10-17)38(35,36)18-6-3-2-4-7-18/h14-15,17-18,20,23,34H,2-13H2,1H3,(H,28,29,30)/t20-,25-/m1/s1. The summed E-state index contributed by atoms with van der Waals surface area (Å²) >= 11 is 0. The summed E-state index contributed by atoms with van der Waals surface area (Å²) in [7, 11) is -3.31. The van der Waals surface area contributed by atoms with Gasteiger partial charge in [0.2, 0.25) is 16.0 Å². The lowest BCUT2D eigenvalue weighted by atomic mass is 10.00. The molecule has 3 fully saturated rings. The number of nitrogens with one attached hydrogen (secondary N) is 1. The van der Waals surface area contributed by atoms with Crippen molar-refractivity contribution in [3.8, 4) is 5.75 Å². The molecule has 2 atom stereocenters. The van der Waals surface area contributed by atoms with Gasteiger partial charge in [-0.2, -0.15) is 13.8 Å². The number of anilines is 1. The predicted molar refractivity (Wildman–Crippen MR) is 138 cm³/mol. The first-order valence-corrected chi connectivity index (χ1v) is 14.9. The fourth-order valence-corrected chi connectivity index (χ4v) is 8.25. The van der Waals surface area contributed by atoms with E-state index >= 15 is 0 Å². The second kappa shape index (κ2) is 10.6. The topological polar surface area (TPSA) is 127 Å². The molecule has 1 aliphatic heterocycles. The molecule has 38 heavy (non-hydrogen) atoms. The van der Waals surface area contributed by atoms with Crippen molar-refractivity contribution in [2.75, 3.05) is 18.4 Å².